The van der Waals surface area contributed by atoms with E-state index < -0.39 is 5.97 Å². The van der Waals surface area contributed by atoms with Gasteiger partial charge in [0.15, 0.2) is 0 Å². The number of aryl methyl sites for hydroxylation is 1. The fourth-order valence-electron chi connectivity index (χ4n) is 1.33. The molecular weight excluding hydrogens is 182 g/mol. The van der Waals surface area contributed by atoms with Crippen molar-refractivity contribution in [3.63, 3.8) is 0 Å². The lowest BCUT2D eigenvalue weighted by atomic mass is 10.2. The molecule has 5 nitrogen and oxygen atoms in total. The minimum Gasteiger partial charge on any atom is -0.477 e. The number of nitrogens with zero attached hydrogens (tertiary/aromatic N) is 1. The van der Waals surface area contributed by atoms with Crippen LogP contribution in [0.25, 0.3) is 11.4 Å². The molecule has 0 radical (unpaired) electrons. The molecule has 0 saturated carbocycles. The van der Waals surface area contributed by atoms with E-state index in [1.807, 2.05) is 0 Å². The zero-order valence-corrected chi connectivity index (χ0v) is 7.53. The first-order valence-corrected chi connectivity index (χ1v) is 4.10. The normalized spacial score (nSPS) is 10.4. The highest BCUT2D eigenvalue weighted by atomic mass is 16.4. The minimum absolute atomic E-state index is 0.217. The van der Waals surface area contributed by atoms with Crippen LogP contribution in [0.4, 0.5) is 0 Å². The number of hydrogen-bond donors (Lipinski definition) is 3. The summed E-state index contributed by atoms with van der Waals surface area (Å²) in [5.74, 6) is -0.951. The number of carboxylic acid groups (broad SMARTS) is 1. The van der Waals surface area contributed by atoms with Crippen LogP contribution in [-0.4, -0.2) is 26.0 Å². The number of nitrogens with one attached hydrogen (secondary N) is 2. The molecule has 72 valence electrons. The van der Waals surface area contributed by atoms with Crippen LogP contribution in [-0.2, 0) is 0 Å². The number of H-pyrrole nitrogens is 2. The second-order valence-electron chi connectivity index (χ2n) is 3.01. The first-order valence-electron chi connectivity index (χ1n) is 4.10. The van der Waals surface area contributed by atoms with Crippen molar-refractivity contribution in [1.82, 2.24) is 15.0 Å². The minimum atomic E-state index is -0.951. The second kappa shape index (κ2) is 3.02. The van der Waals surface area contributed by atoms with E-state index in [4.69, 9.17) is 5.11 Å². The Kier molecular flexibility index (Phi) is 1.85. The van der Waals surface area contributed by atoms with Gasteiger partial charge in [0.1, 0.15) is 5.69 Å². The molecular formula is C9H9N3O2. The van der Waals surface area contributed by atoms with E-state index in [0.29, 0.717) is 5.56 Å². The zero-order chi connectivity index (χ0) is 10.1. The third-order valence-electron chi connectivity index (χ3n) is 2.02. The Morgan fingerprint density at radius 1 is 1.50 bits per heavy atom. The lowest BCUT2D eigenvalue weighted by Gasteiger charge is -1.90. The number of aromatic carboxylic acids is 1. The van der Waals surface area contributed by atoms with Crippen molar-refractivity contribution < 1.29 is 9.90 Å². The summed E-state index contributed by atoms with van der Waals surface area (Å²) in [7, 11) is 0. The monoisotopic (exact) mass is 191 g/mol. The number of rotatable bonds is 2. The van der Waals surface area contributed by atoms with Crippen LogP contribution in [0.1, 0.15) is 16.1 Å². The summed E-state index contributed by atoms with van der Waals surface area (Å²) in [6.45, 7) is 1.75. The fraction of sp³-hybridized carbons (Fsp3) is 0.111. The molecule has 0 bridgehead atoms. The molecule has 0 atom stereocenters. The molecule has 0 aromatic carbocycles. The van der Waals surface area contributed by atoms with E-state index in [9.17, 15) is 4.79 Å². The van der Waals surface area contributed by atoms with Crippen LogP contribution < -0.4 is 0 Å². The molecule has 0 unspecified atom stereocenters. The Bertz CT molecular complexity index is 456. The van der Waals surface area contributed by atoms with Crippen LogP contribution in [0.5, 0.6) is 0 Å². The smallest absolute Gasteiger partial charge is 0.352 e. The van der Waals surface area contributed by atoms with E-state index in [1.165, 1.54) is 0 Å². The largest absolute Gasteiger partial charge is 0.477 e. The van der Waals surface area contributed by atoms with E-state index >= 15 is 0 Å². The average molecular weight is 191 g/mol. The van der Waals surface area contributed by atoms with Gasteiger partial charge in [-0.2, -0.15) is 0 Å². The van der Waals surface area contributed by atoms with Crippen molar-refractivity contribution in [1.29, 1.82) is 0 Å². The first kappa shape index (κ1) is 8.55. The lowest BCUT2D eigenvalue weighted by Crippen LogP contribution is -1.98. The number of aromatic amines is 2. The van der Waals surface area contributed by atoms with Gasteiger partial charge >= 0.3 is 5.97 Å². The van der Waals surface area contributed by atoms with E-state index in [2.05, 4.69) is 15.0 Å². The van der Waals surface area contributed by atoms with Gasteiger partial charge in [-0.15, -0.1) is 0 Å². The summed E-state index contributed by atoms with van der Waals surface area (Å²) in [6.07, 6.45) is 3.18. The van der Waals surface area contributed by atoms with E-state index in [0.717, 1.165) is 11.4 Å². The molecule has 2 heterocycles. The van der Waals surface area contributed by atoms with Crippen LogP contribution in [0, 0.1) is 6.92 Å². The summed E-state index contributed by atoms with van der Waals surface area (Å²) in [6, 6.07) is 1.77. The number of aromatic nitrogens is 3. The molecule has 2 rings (SSSR count). The van der Waals surface area contributed by atoms with Crippen molar-refractivity contribution in [3.8, 4) is 11.4 Å². The summed E-state index contributed by atoms with van der Waals surface area (Å²) in [5, 5.41) is 8.82. The van der Waals surface area contributed by atoms with Gasteiger partial charge in [0.05, 0.1) is 23.9 Å². The molecule has 0 aliphatic carbocycles. The van der Waals surface area contributed by atoms with Crippen LogP contribution in [0.3, 0.4) is 0 Å². The molecule has 2 aromatic heterocycles. The summed E-state index contributed by atoms with van der Waals surface area (Å²) >= 11 is 0. The molecule has 14 heavy (non-hydrogen) atoms. The Morgan fingerprint density at radius 3 is 2.79 bits per heavy atom. The van der Waals surface area contributed by atoms with Crippen molar-refractivity contribution >= 4 is 5.97 Å². The summed E-state index contributed by atoms with van der Waals surface area (Å²) in [4.78, 5) is 20.3. The van der Waals surface area contributed by atoms with E-state index in [1.54, 1.807) is 25.5 Å². The molecule has 2 aromatic rings. The summed E-state index contributed by atoms with van der Waals surface area (Å²) in [5.41, 5.74) is 2.44. The van der Waals surface area contributed by atoms with Gasteiger partial charge < -0.3 is 15.1 Å². The molecule has 3 N–H and O–H groups in total. The highest BCUT2D eigenvalue weighted by Gasteiger charge is 2.12. The topological polar surface area (TPSA) is 81.8 Å². The van der Waals surface area contributed by atoms with Gasteiger partial charge in [-0.3, -0.25) is 0 Å². The maximum absolute atomic E-state index is 10.7. The molecule has 0 fully saturated rings. The Labute approximate surface area is 79.8 Å². The molecule has 0 aliphatic heterocycles. The predicted octanol–water partition coefficient (Wildman–Crippen LogP) is 1.41. The van der Waals surface area contributed by atoms with Crippen molar-refractivity contribution in [2.75, 3.05) is 0 Å². The Hall–Kier alpha value is -2.04. The van der Waals surface area contributed by atoms with Crippen molar-refractivity contribution in [2.24, 2.45) is 0 Å². The average Bonchev–Trinajstić information content (AvgIpc) is 2.70. The quantitative estimate of drug-likeness (QED) is 0.671. The van der Waals surface area contributed by atoms with Crippen molar-refractivity contribution in [3.05, 3.63) is 29.8 Å². The fourth-order valence-corrected chi connectivity index (χ4v) is 1.33. The maximum atomic E-state index is 10.7. The predicted molar refractivity (Wildman–Crippen MR) is 50.1 cm³/mol. The molecule has 0 aliphatic rings. The Morgan fingerprint density at radius 2 is 2.29 bits per heavy atom. The van der Waals surface area contributed by atoms with Crippen LogP contribution >= 0.6 is 0 Å². The lowest BCUT2D eigenvalue weighted by molar-refractivity contribution is 0.0690. The van der Waals surface area contributed by atoms with Gasteiger partial charge in [-0.1, -0.05) is 0 Å². The van der Waals surface area contributed by atoms with E-state index in [-0.39, 0.29) is 5.69 Å². The third kappa shape index (κ3) is 1.28. The maximum Gasteiger partial charge on any atom is 0.352 e. The van der Waals surface area contributed by atoms with Crippen molar-refractivity contribution in [2.45, 2.75) is 6.92 Å². The number of carboxylic acids is 1. The highest BCUT2D eigenvalue weighted by Crippen LogP contribution is 2.18. The standard InChI is InChI=1S/C9H9N3O2/c1-5-2-6(7-3-10-4-11-7)12-8(5)9(13)14/h2-4,12H,1H3,(H,10,11)(H,13,14). The van der Waals surface area contributed by atoms with Gasteiger partial charge in [0, 0.05) is 0 Å². The third-order valence-corrected chi connectivity index (χ3v) is 2.02. The first-order chi connectivity index (χ1) is 6.68. The number of carbonyl (C=O) groups is 1. The van der Waals surface area contributed by atoms with Crippen LogP contribution in [0.2, 0.25) is 0 Å². The number of imidazole rings is 1. The zero-order valence-electron chi connectivity index (χ0n) is 7.53. The highest BCUT2D eigenvalue weighted by molar-refractivity contribution is 5.88. The SMILES string of the molecule is Cc1cc(-c2cnc[nH]2)[nH]c1C(=O)O. The molecule has 0 saturated heterocycles. The van der Waals surface area contributed by atoms with Gasteiger partial charge in [-0.05, 0) is 18.6 Å². The molecule has 0 spiro atoms. The second-order valence-corrected chi connectivity index (χ2v) is 3.01. The number of hydrogen-bond acceptors (Lipinski definition) is 2. The van der Waals surface area contributed by atoms with Gasteiger partial charge in [-0.25, -0.2) is 9.78 Å². The Balaban J connectivity index is 2.48. The van der Waals surface area contributed by atoms with Gasteiger partial charge in [0.25, 0.3) is 0 Å². The molecule has 0 amide bonds. The summed E-state index contributed by atoms with van der Waals surface area (Å²) < 4.78 is 0. The van der Waals surface area contributed by atoms with Gasteiger partial charge in [0.2, 0.25) is 0 Å². The molecule has 5 heteroatoms. The van der Waals surface area contributed by atoms with Crippen LogP contribution in [0.15, 0.2) is 18.6 Å².